The van der Waals surface area contributed by atoms with Crippen LogP contribution in [0.1, 0.15) is 15.9 Å². The molecule has 0 aliphatic carbocycles. The topological polar surface area (TPSA) is 48.0 Å². The van der Waals surface area contributed by atoms with Crippen molar-refractivity contribution in [1.29, 1.82) is 0 Å². The molecule has 0 atom stereocenters. The van der Waals surface area contributed by atoms with Gasteiger partial charge in [-0.15, -0.1) is 0 Å². The van der Waals surface area contributed by atoms with Crippen molar-refractivity contribution in [3.63, 3.8) is 0 Å². The Morgan fingerprint density at radius 1 is 1.06 bits per heavy atom. The Morgan fingerprint density at radius 2 is 1.88 bits per heavy atom. The van der Waals surface area contributed by atoms with E-state index in [4.69, 9.17) is 28.9 Å². The zero-order valence-electron chi connectivity index (χ0n) is 17.0. The minimum absolute atomic E-state index is 0.327. The smallest absolute Gasteiger partial charge is 0.249 e. The standard InChI is InChI=1S/C26H15BrCl2FN2O/c27-21-9-6-17(30)10-15(21)13-32-23-3-1-2-20(26(31)33)25(23)19-7-4-14(11-24(19)32)18-8-5-16(28)12-22(18)29/h1-6,8-12H,13H2,(H2,31,33). The fourth-order valence-electron chi connectivity index (χ4n) is 4.15. The number of carbonyl (C=O) groups excluding carboxylic acids is 1. The van der Waals surface area contributed by atoms with Crippen LogP contribution in [0.15, 0.2) is 71.2 Å². The molecule has 0 bridgehead atoms. The maximum absolute atomic E-state index is 14.0. The molecule has 1 heterocycles. The van der Waals surface area contributed by atoms with Gasteiger partial charge in [-0.1, -0.05) is 51.3 Å². The van der Waals surface area contributed by atoms with Crippen LogP contribution in [0.4, 0.5) is 4.39 Å². The minimum atomic E-state index is -0.523. The predicted molar refractivity (Wildman–Crippen MR) is 135 cm³/mol. The van der Waals surface area contributed by atoms with Gasteiger partial charge in [-0.25, -0.2) is 4.39 Å². The first-order valence-corrected chi connectivity index (χ1v) is 11.5. The number of fused-ring (bicyclic) bond motifs is 3. The van der Waals surface area contributed by atoms with E-state index in [2.05, 4.69) is 22.0 Å². The monoisotopic (exact) mass is 539 g/mol. The van der Waals surface area contributed by atoms with E-state index in [1.165, 1.54) is 12.1 Å². The number of rotatable bonds is 4. The molecule has 0 spiro atoms. The molecule has 4 aromatic carbocycles. The van der Waals surface area contributed by atoms with Gasteiger partial charge in [-0.05, 0) is 71.8 Å². The van der Waals surface area contributed by atoms with Crippen molar-refractivity contribution < 1.29 is 9.18 Å². The van der Waals surface area contributed by atoms with E-state index in [1.807, 2.05) is 28.8 Å². The van der Waals surface area contributed by atoms with Crippen LogP contribution in [-0.4, -0.2) is 10.5 Å². The highest BCUT2D eigenvalue weighted by Crippen LogP contribution is 2.37. The summed E-state index contributed by atoms with van der Waals surface area (Å²) in [7, 11) is 0. The number of hydrogen-bond donors (Lipinski definition) is 1. The van der Waals surface area contributed by atoms with Crippen molar-refractivity contribution in [1.82, 2.24) is 4.57 Å². The van der Waals surface area contributed by atoms with E-state index in [0.717, 1.165) is 37.6 Å². The molecule has 5 rings (SSSR count). The molecule has 1 amide bonds. The van der Waals surface area contributed by atoms with E-state index < -0.39 is 5.91 Å². The maximum atomic E-state index is 14.0. The zero-order valence-corrected chi connectivity index (χ0v) is 20.1. The lowest BCUT2D eigenvalue weighted by Crippen LogP contribution is -2.11. The van der Waals surface area contributed by atoms with E-state index in [0.29, 0.717) is 27.5 Å². The lowest BCUT2D eigenvalue weighted by atomic mass is 10.0. The molecule has 0 fully saturated rings. The van der Waals surface area contributed by atoms with Crippen LogP contribution in [-0.2, 0) is 6.54 Å². The van der Waals surface area contributed by atoms with Crippen LogP contribution in [0.25, 0.3) is 32.9 Å². The Morgan fingerprint density at radius 3 is 2.64 bits per heavy atom. The number of benzene rings is 4. The van der Waals surface area contributed by atoms with Crippen LogP contribution in [0.3, 0.4) is 0 Å². The second kappa shape index (κ2) is 8.49. The summed E-state index contributed by atoms with van der Waals surface area (Å²) in [6.45, 7) is 0.367. The number of primary amides is 1. The van der Waals surface area contributed by atoms with Crippen molar-refractivity contribution in [2.75, 3.05) is 0 Å². The average molecular weight is 541 g/mol. The molecule has 0 saturated heterocycles. The van der Waals surface area contributed by atoms with Crippen LogP contribution >= 0.6 is 39.1 Å². The highest BCUT2D eigenvalue weighted by atomic mass is 79.9. The maximum Gasteiger partial charge on any atom is 0.249 e. The summed E-state index contributed by atoms with van der Waals surface area (Å²) in [5.41, 5.74) is 10.1. The van der Waals surface area contributed by atoms with Gasteiger partial charge < -0.3 is 10.3 Å². The summed E-state index contributed by atoms with van der Waals surface area (Å²) in [4.78, 5) is 12.2. The van der Waals surface area contributed by atoms with E-state index >= 15 is 0 Å². The first-order chi connectivity index (χ1) is 15.8. The van der Waals surface area contributed by atoms with E-state index in [-0.39, 0.29) is 5.82 Å². The molecule has 1 aromatic heterocycles. The number of amides is 1. The molecule has 0 aliphatic heterocycles. The Bertz CT molecular complexity index is 1580. The largest absolute Gasteiger partial charge is 0.366 e. The number of hydrogen-bond acceptors (Lipinski definition) is 1. The summed E-state index contributed by atoms with van der Waals surface area (Å²) in [6.07, 6.45) is 0. The summed E-state index contributed by atoms with van der Waals surface area (Å²) < 4.78 is 16.8. The Labute approximate surface area is 207 Å². The third-order valence-corrected chi connectivity index (χ3v) is 6.96. The van der Waals surface area contributed by atoms with Gasteiger partial charge in [-0.3, -0.25) is 4.79 Å². The van der Waals surface area contributed by atoms with Crippen LogP contribution < -0.4 is 5.73 Å². The average Bonchev–Trinajstić information content (AvgIpc) is 3.09. The normalized spacial score (nSPS) is 11.4. The third-order valence-electron chi connectivity index (χ3n) is 5.64. The molecule has 0 unspecified atom stereocenters. The molecule has 0 saturated carbocycles. The molecule has 163 valence electrons. The molecule has 7 heteroatoms. The second-order valence-corrected chi connectivity index (χ2v) is 9.36. The summed E-state index contributed by atoms with van der Waals surface area (Å²) in [5, 5.41) is 2.52. The van der Waals surface area contributed by atoms with E-state index in [9.17, 15) is 9.18 Å². The van der Waals surface area contributed by atoms with Crippen LogP contribution in [0.5, 0.6) is 0 Å². The molecular formula is C26H15BrCl2FN2O. The number of nitrogens with zero attached hydrogens (tertiary/aromatic N) is 1. The summed E-state index contributed by atoms with van der Waals surface area (Å²) in [5.74, 6) is -0.850. The lowest BCUT2D eigenvalue weighted by Gasteiger charge is -2.11. The summed E-state index contributed by atoms with van der Waals surface area (Å²) in [6, 6.07) is 22.4. The quantitative estimate of drug-likeness (QED) is 0.250. The van der Waals surface area contributed by atoms with Gasteiger partial charge in [0, 0.05) is 43.0 Å². The fourth-order valence-corrected chi connectivity index (χ4v) is 5.03. The highest BCUT2D eigenvalue weighted by molar-refractivity contribution is 9.10. The Kier molecular flexibility index (Phi) is 5.65. The minimum Gasteiger partial charge on any atom is -0.366 e. The third kappa shape index (κ3) is 3.90. The number of nitrogens with two attached hydrogens (primary N) is 1. The molecular weight excluding hydrogens is 526 g/mol. The lowest BCUT2D eigenvalue weighted by molar-refractivity contribution is 0.100. The first kappa shape index (κ1) is 22.0. The summed E-state index contributed by atoms with van der Waals surface area (Å²) >= 11 is 16.0. The molecule has 2 N–H and O–H groups in total. The predicted octanol–water partition coefficient (Wildman–Crippen LogP) is 7.62. The van der Waals surface area contributed by atoms with E-state index in [1.54, 1.807) is 30.3 Å². The molecule has 1 radical (unpaired) electrons. The van der Waals surface area contributed by atoms with Gasteiger partial charge in [0.2, 0.25) is 5.91 Å². The Balaban J connectivity index is 1.82. The van der Waals surface area contributed by atoms with Crippen molar-refractivity contribution in [3.05, 3.63) is 104 Å². The SMILES string of the molecule is NC(=O)c1cccc2c1c1[c]cc(-c3ccc(Cl)cc3Cl)cc1n2Cc1cc(F)ccc1Br. The van der Waals surface area contributed by atoms with Crippen LogP contribution in [0, 0.1) is 11.9 Å². The molecule has 0 aliphatic rings. The molecule has 5 aromatic rings. The molecule has 33 heavy (non-hydrogen) atoms. The second-order valence-electron chi connectivity index (χ2n) is 7.66. The highest BCUT2D eigenvalue weighted by Gasteiger charge is 2.18. The van der Waals surface area contributed by atoms with Crippen molar-refractivity contribution in [2.45, 2.75) is 6.54 Å². The van der Waals surface area contributed by atoms with Crippen LogP contribution in [0.2, 0.25) is 10.0 Å². The van der Waals surface area contributed by atoms with Crippen molar-refractivity contribution in [3.8, 4) is 11.1 Å². The first-order valence-electron chi connectivity index (χ1n) is 9.99. The van der Waals surface area contributed by atoms with Gasteiger partial charge >= 0.3 is 0 Å². The van der Waals surface area contributed by atoms with Gasteiger partial charge in [0.25, 0.3) is 0 Å². The van der Waals surface area contributed by atoms with Gasteiger partial charge in [0.05, 0.1) is 11.0 Å². The zero-order chi connectivity index (χ0) is 23.3. The number of carbonyl (C=O) groups is 1. The van der Waals surface area contributed by atoms with Gasteiger partial charge in [0.15, 0.2) is 0 Å². The van der Waals surface area contributed by atoms with Gasteiger partial charge in [0.1, 0.15) is 5.82 Å². The Hall–Kier alpha value is -2.86. The van der Waals surface area contributed by atoms with Gasteiger partial charge in [-0.2, -0.15) is 0 Å². The number of halogens is 4. The number of aromatic nitrogens is 1. The van der Waals surface area contributed by atoms with Crippen molar-refractivity contribution in [2.24, 2.45) is 5.73 Å². The van der Waals surface area contributed by atoms with Crippen molar-refractivity contribution >= 4 is 66.8 Å². The molecule has 3 nitrogen and oxygen atoms in total. The fraction of sp³-hybridized carbons (Fsp3) is 0.0385.